The van der Waals surface area contributed by atoms with Gasteiger partial charge in [0.2, 0.25) is 5.91 Å². The average molecular weight is 345 g/mol. The minimum atomic E-state index is -0.0684. The van der Waals surface area contributed by atoms with E-state index < -0.39 is 0 Å². The highest BCUT2D eigenvalue weighted by Gasteiger charge is 2.11. The third kappa shape index (κ3) is 5.49. The Labute approximate surface area is 146 Å². The molecule has 0 spiro atoms. The van der Waals surface area contributed by atoms with Gasteiger partial charge < -0.3 is 10.1 Å². The number of ketones is 1. The van der Waals surface area contributed by atoms with Crippen molar-refractivity contribution in [1.82, 2.24) is 5.32 Å². The first-order chi connectivity index (χ1) is 11.6. The Morgan fingerprint density at radius 3 is 2.54 bits per heavy atom. The third-order valence-corrected chi connectivity index (χ3v) is 4.58. The highest BCUT2D eigenvalue weighted by atomic mass is 32.1. The molecule has 1 atom stereocenters. The van der Waals surface area contributed by atoms with E-state index in [9.17, 15) is 9.59 Å². The first-order valence-electron chi connectivity index (χ1n) is 8.19. The molecular formula is C19H23NO3S. The van der Waals surface area contributed by atoms with Crippen LogP contribution in [0.3, 0.4) is 0 Å². The normalized spacial score (nSPS) is 11.8. The van der Waals surface area contributed by atoms with E-state index in [1.54, 1.807) is 0 Å². The second kappa shape index (κ2) is 9.23. The van der Waals surface area contributed by atoms with Crippen LogP contribution in [-0.2, 0) is 4.79 Å². The fourth-order valence-electron chi connectivity index (χ4n) is 2.39. The van der Waals surface area contributed by atoms with Crippen molar-refractivity contribution < 1.29 is 14.3 Å². The number of thiophene rings is 1. The molecule has 0 aliphatic rings. The predicted octanol–water partition coefficient (Wildman–Crippen LogP) is 4.38. The molecule has 128 valence electrons. The van der Waals surface area contributed by atoms with Crippen LogP contribution >= 0.6 is 11.3 Å². The molecule has 0 aliphatic heterocycles. The average Bonchev–Trinajstić information content (AvgIpc) is 3.10. The second-order valence-electron chi connectivity index (χ2n) is 5.55. The molecule has 4 nitrogen and oxygen atoms in total. The summed E-state index contributed by atoms with van der Waals surface area (Å²) < 4.78 is 5.41. The molecule has 5 heteroatoms. The molecule has 1 aromatic carbocycles. The van der Waals surface area contributed by atoms with E-state index in [4.69, 9.17) is 4.74 Å². The SMILES string of the molecule is CCOc1ccc(C(C)NC(=O)CCCC(=O)c2cccs2)cc1. The standard InChI is InChI=1S/C19H23NO3S/c1-3-23-16-11-9-15(10-12-16)14(2)20-19(22)8-4-6-17(21)18-7-5-13-24-18/h5,7,9-14H,3-4,6,8H2,1-2H3,(H,20,22). The van der Waals surface area contributed by atoms with Crippen molar-refractivity contribution in [2.45, 2.75) is 39.2 Å². The number of hydrogen-bond acceptors (Lipinski definition) is 4. The van der Waals surface area contributed by atoms with Crippen LogP contribution in [0.1, 0.15) is 54.4 Å². The molecule has 2 rings (SSSR count). The summed E-state index contributed by atoms with van der Waals surface area (Å²) >= 11 is 1.44. The monoisotopic (exact) mass is 345 g/mol. The maximum absolute atomic E-state index is 12.0. The van der Waals surface area contributed by atoms with E-state index in [0.717, 1.165) is 16.2 Å². The molecule has 0 aliphatic carbocycles. The molecule has 1 N–H and O–H groups in total. The van der Waals surface area contributed by atoms with E-state index >= 15 is 0 Å². The first kappa shape index (κ1) is 18.2. The van der Waals surface area contributed by atoms with Crippen molar-refractivity contribution in [3.8, 4) is 5.75 Å². The van der Waals surface area contributed by atoms with Gasteiger partial charge in [-0.15, -0.1) is 11.3 Å². The Morgan fingerprint density at radius 2 is 1.92 bits per heavy atom. The fraction of sp³-hybridized carbons (Fsp3) is 0.368. The lowest BCUT2D eigenvalue weighted by Crippen LogP contribution is -2.26. The van der Waals surface area contributed by atoms with Gasteiger partial charge in [0.25, 0.3) is 0 Å². The lowest BCUT2D eigenvalue weighted by Gasteiger charge is -2.15. The van der Waals surface area contributed by atoms with Crippen molar-refractivity contribution in [1.29, 1.82) is 0 Å². The van der Waals surface area contributed by atoms with Crippen LogP contribution in [0.25, 0.3) is 0 Å². The van der Waals surface area contributed by atoms with Gasteiger partial charge in [0.15, 0.2) is 5.78 Å². The zero-order valence-electron chi connectivity index (χ0n) is 14.1. The zero-order chi connectivity index (χ0) is 17.4. The summed E-state index contributed by atoms with van der Waals surface area (Å²) in [5, 5.41) is 4.86. The van der Waals surface area contributed by atoms with Gasteiger partial charge in [-0.25, -0.2) is 0 Å². The molecule has 1 aromatic heterocycles. The highest BCUT2D eigenvalue weighted by molar-refractivity contribution is 7.12. The Bertz CT molecular complexity index is 650. The summed E-state index contributed by atoms with van der Waals surface area (Å²) in [4.78, 5) is 24.7. The number of rotatable bonds is 9. The smallest absolute Gasteiger partial charge is 0.220 e. The van der Waals surface area contributed by atoms with Gasteiger partial charge in [-0.1, -0.05) is 18.2 Å². The van der Waals surface area contributed by atoms with Gasteiger partial charge in [0.05, 0.1) is 17.5 Å². The van der Waals surface area contributed by atoms with Crippen LogP contribution < -0.4 is 10.1 Å². The number of nitrogens with one attached hydrogen (secondary N) is 1. The third-order valence-electron chi connectivity index (χ3n) is 3.67. The largest absolute Gasteiger partial charge is 0.494 e. The lowest BCUT2D eigenvalue weighted by molar-refractivity contribution is -0.121. The van der Waals surface area contributed by atoms with E-state index in [2.05, 4.69) is 5.32 Å². The molecule has 24 heavy (non-hydrogen) atoms. The van der Waals surface area contributed by atoms with Crippen LogP contribution in [0.4, 0.5) is 0 Å². The molecule has 0 bridgehead atoms. The maximum Gasteiger partial charge on any atom is 0.220 e. The molecule has 1 heterocycles. The van der Waals surface area contributed by atoms with E-state index in [-0.39, 0.29) is 17.7 Å². The Kier molecular flexibility index (Phi) is 7.00. The van der Waals surface area contributed by atoms with Crippen molar-refractivity contribution in [2.24, 2.45) is 0 Å². The minimum absolute atomic E-state index is 0.0321. The second-order valence-corrected chi connectivity index (χ2v) is 6.49. The van der Waals surface area contributed by atoms with Crippen LogP contribution in [0.5, 0.6) is 5.75 Å². The van der Waals surface area contributed by atoms with Gasteiger partial charge in [-0.2, -0.15) is 0 Å². The van der Waals surface area contributed by atoms with Gasteiger partial charge in [-0.3, -0.25) is 9.59 Å². The van der Waals surface area contributed by atoms with E-state index in [0.29, 0.717) is 25.9 Å². The molecule has 0 radical (unpaired) electrons. The van der Waals surface area contributed by atoms with Gasteiger partial charge >= 0.3 is 0 Å². The highest BCUT2D eigenvalue weighted by Crippen LogP contribution is 2.18. The molecular weight excluding hydrogens is 322 g/mol. The molecule has 1 amide bonds. The molecule has 1 unspecified atom stereocenters. The molecule has 0 saturated heterocycles. The zero-order valence-corrected chi connectivity index (χ0v) is 14.9. The number of amides is 1. The molecule has 0 saturated carbocycles. The summed E-state index contributed by atoms with van der Waals surface area (Å²) in [6.07, 6.45) is 1.34. The van der Waals surface area contributed by atoms with Gasteiger partial charge in [-0.05, 0) is 49.4 Å². The van der Waals surface area contributed by atoms with Crippen molar-refractivity contribution in [3.05, 3.63) is 52.2 Å². The topological polar surface area (TPSA) is 55.4 Å². The number of carbonyl (C=O) groups is 2. The molecule has 2 aromatic rings. The molecule has 0 fully saturated rings. The van der Waals surface area contributed by atoms with E-state index in [1.807, 2.05) is 55.6 Å². The Balaban J connectivity index is 1.74. The minimum Gasteiger partial charge on any atom is -0.494 e. The van der Waals surface area contributed by atoms with Gasteiger partial charge in [0.1, 0.15) is 5.75 Å². The summed E-state index contributed by atoms with van der Waals surface area (Å²) in [6, 6.07) is 11.3. The predicted molar refractivity (Wildman–Crippen MR) is 96.7 cm³/mol. The number of carbonyl (C=O) groups excluding carboxylic acids is 2. The maximum atomic E-state index is 12.0. The van der Waals surface area contributed by atoms with Crippen molar-refractivity contribution in [2.75, 3.05) is 6.61 Å². The van der Waals surface area contributed by atoms with Crippen LogP contribution in [0.15, 0.2) is 41.8 Å². The van der Waals surface area contributed by atoms with Crippen LogP contribution in [0, 0.1) is 0 Å². The number of Topliss-reactive ketones (excluding diaryl/α,β-unsaturated/α-hetero) is 1. The van der Waals surface area contributed by atoms with Crippen molar-refractivity contribution in [3.63, 3.8) is 0 Å². The lowest BCUT2D eigenvalue weighted by atomic mass is 10.1. The summed E-state index contributed by atoms with van der Waals surface area (Å²) in [6.45, 7) is 4.53. The summed E-state index contributed by atoms with van der Waals surface area (Å²) in [5.74, 6) is 0.902. The first-order valence-corrected chi connectivity index (χ1v) is 9.07. The number of hydrogen-bond donors (Lipinski definition) is 1. The summed E-state index contributed by atoms with van der Waals surface area (Å²) in [7, 11) is 0. The van der Waals surface area contributed by atoms with Crippen LogP contribution in [-0.4, -0.2) is 18.3 Å². The summed E-state index contributed by atoms with van der Waals surface area (Å²) in [5.41, 5.74) is 1.03. The fourth-order valence-corrected chi connectivity index (χ4v) is 3.08. The Morgan fingerprint density at radius 1 is 1.17 bits per heavy atom. The van der Waals surface area contributed by atoms with Gasteiger partial charge in [0, 0.05) is 12.8 Å². The van der Waals surface area contributed by atoms with E-state index in [1.165, 1.54) is 11.3 Å². The quantitative estimate of drug-likeness (QED) is 0.686. The van der Waals surface area contributed by atoms with Crippen molar-refractivity contribution >= 4 is 23.0 Å². The Hall–Kier alpha value is -2.14. The number of ether oxygens (including phenoxy) is 1. The van der Waals surface area contributed by atoms with Crippen LogP contribution in [0.2, 0.25) is 0 Å². The number of benzene rings is 1.